The lowest BCUT2D eigenvalue weighted by molar-refractivity contribution is -0.137. The summed E-state index contributed by atoms with van der Waals surface area (Å²) in [6, 6.07) is 0. The fraction of sp³-hybridized carbons (Fsp3) is 0.792. The van der Waals surface area contributed by atoms with E-state index in [-0.39, 0.29) is 30.0 Å². The highest BCUT2D eigenvalue weighted by Gasteiger charge is 2.58. The second-order valence-corrected chi connectivity index (χ2v) is 9.63. The van der Waals surface area contributed by atoms with Gasteiger partial charge in [-0.3, -0.25) is 4.79 Å². The number of allylic oxidation sites excluding steroid dienone is 2. The zero-order valence-electron chi connectivity index (χ0n) is 17.5. The lowest BCUT2D eigenvalue weighted by Gasteiger charge is -2.62. The summed E-state index contributed by atoms with van der Waals surface area (Å²) in [5, 5.41) is 30.1. The summed E-state index contributed by atoms with van der Waals surface area (Å²) >= 11 is 0. The Hall–Kier alpha value is -1.13. The minimum absolute atomic E-state index is 0.100. The number of carboxylic acid groups (broad SMARTS) is 1. The van der Waals surface area contributed by atoms with E-state index in [2.05, 4.69) is 26.0 Å². The van der Waals surface area contributed by atoms with Gasteiger partial charge in [0, 0.05) is 12.3 Å². The summed E-state index contributed by atoms with van der Waals surface area (Å²) in [6.07, 6.45) is 15.1. The Morgan fingerprint density at radius 2 is 1.96 bits per heavy atom. The highest BCUT2D eigenvalue weighted by Crippen LogP contribution is 2.64. The van der Waals surface area contributed by atoms with E-state index >= 15 is 0 Å². The van der Waals surface area contributed by atoms with Crippen LogP contribution in [0, 0.1) is 29.1 Å². The van der Waals surface area contributed by atoms with Crippen LogP contribution in [0.3, 0.4) is 0 Å². The molecule has 3 rings (SSSR count). The van der Waals surface area contributed by atoms with Gasteiger partial charge in [-0.05, 0) is 61.7 Å². The lowest BCUT2D eigenvalue weighted by Crippen LogP contribution is -2.56. The second-order valence-electron chi connectivity index (χ2n) is 9.63. The quantitative estimate of drug-likeness (QED) is 0.435. The minimum atomic E-state index is -0.730. The molecule has 3 fully saturated rings. The number of fused-ring (bicyclic) bond motifs is 1. The Bertz CT molecular complexity index is 604. The van der Waals surface area contributed by atoms with Crippen LogP contribution in [0.1, 0.15) is 78.1 Å². The average molecular weight is 391 g/mol. The molecule has 0 aliphatic heterocycles. The van der Waals surface area contributed by atoms with Crippen molar-refractivity contribution < 1.29 is 20.1 Å². The van der Waals surface area contributed by atoms with E-state index in [1.165, 1.54) is 24.8 Å². The Morgan fingerprint density at radius 3 is 2.64 bits per heavy atom. The predicted octanol–water partition coefficient (Wildman–Crippen LogP) is 4.71. The van der Waals surface area contributed by atoms with E-state index in [0.717, 1.165) is 32.1 Å². The van der Waals surface area contributed by atoms with Crippen LogP contribution in [0.2, 0.25) is 0 Å². The maximum atomic E-state index is 10.7. The van der Waals surface area contributed by atoms with Gasteiger partial charge in [-0.25, -0.2) is 0 Å². The summed E-state index contributed by atoms with van der Waals surface area (Å²) < 4.78 is 0. The van der Waals surface area contributed by atoms with Gasteiger partial charge in [-0.15, -0.1) is 0 Å². The Labute approximate surface area is 169 Å². The SMILES string of the molecule is CC1C(=CCCCC(=O)O)[C@]2(C)CC[C@H](O)[C@@H](/C=C/C(O)C3CCCCC3)[C@H]12. The molecule has 0 radical (unpaired) electrons. The summed E-state index contributed by atoms with van der Waals surface area (Å²) in [4.78, 5) is 10.7. The molecule has 3 saturated carbocycles. The number of carboxylic acids is 1. The maximum Gasteiger partial charge on any atom is 0.303 e. The molecule has 28 heavy (non-hydrogen) atoms. The minimum Gasteiger partial charge on any atom is -0.481 e. The number of hydrogen-bond donors (Lipinski definition) is 3. The molecule has 0 aromatic heterocycles. The first kappa shape index (κ1) is 21.6. The Morgan fingerprint density at radius 1 is 1.25 bits per heavy atom. The van der Waals surface area contributed by atoms with Gasteiger partial charge in [0.15, 0.2) is 0 Å². The van der Waals surface area contributed by atoms with Crippen LogP contribution >= 0.6 is 0 Å². The van der Waals surface area contributed by atoms with Crippen molar-refractivity contribution in [1.82, 2.24) is 0 Å². The summed E-state index contributed by atoms with van der Waals surface area (Å²) in [5.41, 5.74) is 1.55. The topological polar surface area (TPSA) is 77.8 Å². The number of hydrogen-bond acceptors (Lipinski definition) is 3. The van der Waals surface area contributed by atoms with Gasteiger partial charge in [-0.2, -0.15) is 0 Å². The lowest BCUT2D eigenvalue weighted by atomic mass is 9.43. The second kappa shape index (κ2) is 9.13. The third-order valence-electron chi connectivity index (χ3n) is 7.87. The van der Waals surface area contributed by atoms with E-state index in [4.69, 9.17) is 5.11 Å². The molecule has 0 saturated heterocycles. The van der Waals surface area contributed by atoms with Crippen molar-refractivity contribution in [3.05, 3.63) is 23.8 Å². The number of unbranched alkanes of at least 4 members (excludes halogenated alkanes) is 1. The molecule has 0 spiro atoms. The Kier molecular flexibility index (Phi) is 7.03. The van der Waals surface area contributed by atoms with Crippen LogP contribution in [0.4, 0.5) is 0 Å². The fourth-order valence-electron chi connectivity index (χ4n) is 6.36. The molecule has 3 N–H and O–H groups in total. The van der Waals surface area contributed by atoms with Gasteiger partial charge >= 0.3 is 5.97 Å². The van der Waals surface area contributed by atoms with Crippen LogP contribution in [-0.4, -0.2) is 33.5 Å². The number of aliphatic hydroxyl groups is 2. The van der Waals surface area contributed by atoms with E-state index in [1.807, 2.05) is 6.08 Å². The van der Waals surface area contributed by atoms with Crippen molar-refractivity contribution in [2.24, 2.45) is 29.1 Å². The molecule has 6 atom stereocenters. The van der Waals surface area contributed by atoms with Crippen LogP contribution in [0.15, 0.2) is 23.8 Å². The number of carbonyl (C=O) groups is 1. The van der Waals surface area contributed by atoms with Gasteiger partial charge in [0.2, 0.25) is 0 Å². The third kappa shape index (κ3) is 4.38. The van der Waals surface area contributed by atoms with Crippen LogP contribution in [-0.2, 0) is 4.79 Å². The van der Waals surface area contributed by atoms with E-state index in [0.29, 0.717) is 24.2 Å². The molecule has 0 amide bonds. The van der Waals surface area contributed by atoms with Gasteiger partial charge < -0.3 is 15.3 Å². The van der Waals surface area contributed by atoms with Crippen molar-refractivity contribution >= 4 is 5.97 Å². The average Bonchev–Trinajstić information content (AvgIpc) is 2.68. The van der Waals surface area contributed by atoms with Gasteiger partial charge in [0.1, 0.15) is 0 Å². The van der Waals surface area contributed by atoms with Crippen molar-refractivity contribution in [3.63, 3.8) is 0 Å². The van der Waals surface area contributed by atoms with Gasteiger partial charge in [-0.1, -0.05) is 56.9 Å². The highest BCUT2D eigenvalue weighted by molar-refractivity contribution is 5.66. The molecule has 0 aromatic carbocycles. The Balaban J connectivity index is 1.65. The standard InChI is InChI=1S/C24H38O4/c1-16-19(10-6-7-11-22(27)28)24(2)15-14-21(26)18(23(16)24)12-13-20(25)17-8-4-3-5-9-17/h10,12-13,16-18,20-21,23,25-26H,3-9,11,14-15H2,1-2H3,(H,27,28)/b13-12+,19-10?/t16?,18-,20?,21+,23+,24+/m1/s1. The van der Waals surface area contributed by atoms with Gasteiger partial charge in [0.25, 0.3) is 0 Å². The fourth-order valence-corrected chi connectivity index (χ4v) is 6.36. The van der Waals surface area contributed by atoms with E-state index in [9.17, 15) is 15.0 Å². The first-order chi connectivity index (χ1) is 13.3. The first-order valence-electron chi connectivity index (χ1n) is 11.3. The number of aliphatic carboxylic acids is 1. The summed E-state index contributed by atoms with van der Waals surface area (Å²) in [5.74, 6) is 0.554. The van der Waals surface area contributed by atoms with Crippen molar-refractivity contribution in [1.29, 1.82) is 0 Å². The normalized spacial score (nSPS) is 38.9. The smallest absolute Gasteiger partial charge is 0.303 e. The van der Waals surface area contributed by atoms with Crippen molar-refractivity contribution in [2.45, 2.75) is 90.3 Å². The molecule has 3 aliphatic rings. The van der Waals surface area contributed by atoms with E-state index < -0.39 is 5.97 Å². The van der Waals surface area contributed by atoms with E-state index in [1.54, 1.807) is 0 Å². The van der Waals surface area contributed by atoms with Crippen molar-refractivity contribution in [2.75, 3.05) is 0 Å². The largest absolute Gasteiger partial charge is 0.481 e. The molecule has 158 valence electrons. The third-order valence-corrected chi connectivity index (χ3v) is 7.87. The van der Waals surface area contributed by atoms with Crippen molar-refractivity contribution in [3.8, 4) is 0 Å². The first-order valence-corrected chi connectivity index (χ1v) is 11.3. The molecule has 0 heterocycles. The molecular weight excluding hydrogens is 352 g/mol. The van der Waals surface area contributed by atoms with Crippen LogP contribution in [0.5, 0.6) is 0 Å². The van der Waals surface area contributed by atoms with Crippen LogP contribution in [0.25, 0.3) is 0 Å². The zero-order chi connectivity index (χ0) is 20.3. The summed E-state index contributed by atoms with van der Waals surface area (Å²) in [6.45, 7) is 4.55. The summed E-state index contributed by atoms with van der Waals surface area (Å²) in [7, 11) is 0. The molecule has 4 heteroatoms. The molecule has 0 bridgehead atoms. The molecule has 4 nitrogen and oxygen atoms in total. The number of rotatable bonds is 7. The van der Waals surface area contributed by atoms with Gasteiger partial charge in [0.05, 0.1) is 12.2 Å². The molecular formula is C24H38O4. The zero-order valence-corrected chi connectivity index (χ0v) is 17.5. The molecule has 0 aromatic rings. The monoisotopic (exact) mass is 390 g/mol. The molecule has 3 aliphatic carbocycles. The maximum absolute atomic E-state index is 10.7. The van der Waals surface area contributed by atoms with Crippen LogP contribution < -0.4 is 0 Å². The predicted molar refractivity (Wildman–Crippen MR) is 111 cm³/mol. The highest BCUT2D eigenvalue weighted by atomic mass is 16.4. The number of aliphatic hydroxyl groups excluding tert-OH is 2. The molecule has 2 unspecified atom stereocenters.